The molecule has 0 saturated heterocycles. The number of methoxy groups -OCH3 is 4. The summed E-state index contributed by atoms with van der Waals surface area (Å²) in [6, 6.07) is 0. The highest BCUT2D eigenvalue weighted by molar-refractivity contribution is 7.73. The fourth-order valence-electron chi connectivity index (χ4n) is 3.45. The maximum absolute atomic E-state index is 13.6. The molecule has 0 saturated carbocycles. The zero-order valence-corrected chi connectivity index (χ0v) is 21.6. The van der Waals surface area contributed by atoms with Crippen LogP contribution in [-0.2, 0) is 51.9 Å². The van der Waals surface area contributed by atoms with Crippen molar-refractivity contribution in [2.24, 2.45) is 0 Å². The van der Waals surface area contributed by atoms with Gasteiger partial charge in [-0.2, -0.15) is 0 Å². The Morgan fingerprint density at radius 3 is 1.45 bits per heavy atom. The van der Waals surface area contributed by atoms with Gasteiger partial charge in [0.1, 0.15) is 10.9 Å². The van der Waals surface area contributed by atoms with E-state index in [4.69, 9.17) is 32.7 Å². The van der Waals surface area contributed by atoms with Crippen LogP contribution < -0.4 is 0 Å². The standard InChI is InChI=1S/C21H33O11P/c1-11(2)30-21(20(25)29-10)15(18(23)27-8)14(17(22)26-7)16(19(24)28-9)33(21,31-12(3)4)32-13(5)6/h11-13H,1-10H3. The van der Waals surface area contributed by atoms with Crippen molar-refractivity contribution >= 4 is 36.5 Å². The average molecular weight is 492 g/mol. The molecular formula is C21H33O11P. The molecule has 1 aliphatic rings. The molecule has 188 valence electrons. The van der Waals surface area contributed by atoms with Gasteiger partial charge in [0.25, 0.3) is 5.34 Å². The molecule has 1 aliphatic heterocycles. The molecule has 0 radical (unpaired) electrons. The van der Waals surface area contributed by atoms with Crippen molar-refractivity contribution in [1.82, 2.24) is 0 Å². The summed E-state index contributed by atoms with van der Waals surface area (Å²) in [7, 11) is 0.0466. The third kappa shape index (κ3) is 5.01. The van der Waals surface area contributed by atoms with Crippen molar-refractivity contribution < 1.29 is 51.9 Å². The molecule has 0 aliphatic carbocycles. The van der Waals surface area contributed by atoms with Gasteiger partial charge in [0.05, 0.1) is 52.3 Å². The monoisotopic (exact) mass is 492 g/mol. The predicted octanol–water partition coefficient (Wildman–Crippen LogP) is 1.98. The van der Waals surface area contributed by atoms with Gasteiger partial charge >= 0.3 is 23.9 Å². The van der Waals surface area contributed by atoms with E-state index in [1.807, 2.05) is 0 Å². The minimum absolute atomic E-state index is 0.481. The fraction of sp³-hybridized carbons (Fsp3) is 0.667. The van der Waals surface area contributed by atoms with Crippen LogP contribution in [0.5, 0.6) is 0 Å². The molecule has 0 aromatic carbocycles. The number of carbonyl (C=O) groups is 4. The van der Waals surface area contributed by atoms with E-state index in [0.717, 1.165) is 28.4 Å². The molecule has 11 nitrogen and oxygen atoms in total. The van der Waals surface area contributed by atoms with E-state index in [-0.39, 0.29) is 0 Å². The molecule has 0 aromatic rings. The lowest BCUT2D eigenvalue weighted by Gasteiger charge is -2.42. The Morgan fingerprint density at radius 2 is 1.12 bits per heavy atom. The van der Waals surface area contributed by atoms with Gasteiger partial charge in [0.2, 0.25) is 0 Å². The molecule has 1 heterocycles. The molecule has 1 rings (SSSR count). The first-order valence-electron chi connectivity index (χ1n) is 10.2. The van der Waals surface area contributed by atoms with E-state index in [1.54, 1.807) is 41.5 Å². The Bertz CT molecular complexity index is 871. The summed E-state index contributed by atoms with van der Waals surface area (Å²) in [4.78, 5) is 52.9. The van der Waals surface area contributed by atoms with Gasteiger partial charge in [0.15, 0.2) is 7.34 Å². The van der Waals surface area contributed by atoms with Crippen LogP contribution in [0.4, 0.5) is 0 Å². The molecule has 0 fully saturated rings. The number of ether oxygens (including phenoxy) is 5. The van der Waals surface area contributed by atoms with E-state index in [2.05, 4.69) is 0 Å². The smallest absolute Gasteiger partial charge is 0.352 e. The van der Waals surface area contributed by atoms with Gasteiger partial charge in [-0.05, 0) is 41.5 Å². The van der Waals surface area contributed by atoms with Crippen LogP contribution in [0.15, 0.2) is 11.1 Å². The molecule has 0 aromatic heterocycles. The summed E-state index contributed by atoms with van der Waals surface area (Å²) in [5, 5.41) is -2.96. The van der Waals surface area contributed by atoms with Gasteiger partial charge in [-0.25, -0.2) is 19.2 Å². The minimum atomic E-state index is -4.19. The van der Waals surface area contributed by atoms with E-state index >= 15 is 0 Å². The lowest BCUT2D eigenvalue weighted by atomic mass is 9.99. The van der Waals surface area contributed by atoms with E-state index in [9.17, 15) is 19.2 Å². The SMILES string of the molecule is COC(=O)C1=C(C(=O)OC)C(OC(C)C)(C(=O)OC)P(OC(C)C)(OC(C)C)=C1C(=O)OC. The maximum Gasteiger partial charge on any atom is 0.352 e. The molecular weight excluding hydrogens is 459 g/mol. The van der Waals surface area contributed by atoms with Crippen LogP contribution in [0, 0.1) is 0 Å². The van der Waals surface area contributed by atoms with Gasteiger partial charge in [-0.15, -0.1) is 0 Å². The van der Waals surface area contributed by atoms with Crippen LogP contribution in [0.3, 0.4) is 0 Å². The Kier molecular flexibility index (Phi) is 9.86. The largest absolute Gasteiger partial charge is 0.466 e. The summed E-state index contributed by atoms with van der Waals surface area (Å²) in [5.74, 6) is -4.43. The van der Waals surface area contributed by atoms with Crippen molar-refractivity contribution in [2.75, 3.05) is 28.4 Å². The van der Waals surface area contributed by atoms with E-state index in [0.29, 0.717) is 0 Å². The Morgan fingerprint density at radius 1 is 0.667 bits per heavy atom. The molecule has 12 heteroatoms. The van der Waals surface area contributed by atoms with E-state index < -0.39 is 71.3 Å². The molecule has 0 spiro atoms. The highest BCUT2D eigenvalue weighted by atomic mass is 31.2. The van der Waals surface area contributed by atoms with Gasteiger partial charge < -0.3 is 32.7 Å². The number of hydrogen-bond donors (Lipinski definition) is 0. The molecule has 1 unspecified atom stereocenters. The number of esters is 4. The summed E-state index contributed by atoms with van der Waals surface area (Å²) in [6.07, 6.45) is -2.05. The molecule has 0 bridgehead atoms. The van der Waals surface area contributed by atoms with Crippen molar-refractivity contribution in [3.63, 3.8) is 0 Å². The zero-order chi connectivity index (χ0) is 25.7. The number of carbonyl (C=O) groups excluding carboxylic acids is 4. The third-order valence-corrected chi connectivity index (χ3v) is 8.05. The first kappa shape index (κ1) is 28.8. The van der Waals surface area contributed by atoms with Crippen LogP contribution >= 0.6 is 7.34 Å². The highest BCUT2D eigenvalue weighted by Gasteiger charge is 2.70. The third-order valence-electron chi connectivity index (χ3n) is 4.28. The minimum Gasteiger partial charge on any atom is -0.466 e. The van der Waals surface area contributed by atoms with Crippen molar-refractivity contribution in [1.29, 1.82) is 0 Å². The lowest BCUT2D eigenvalue weighted by Crippen LogP contribution is -2.49. The topological polar surface area (TPSA) is 133 Å². The van der Waals surface area contributed by atoms with Crippen LogP contribution in [0.25, 0.3) is 0 Å². The first-order valence-corrected chi connectivity index (χ1v) is 11.8. The molecule has 0 amide bonds. The Hall–Kier alpha value is -2.20. The maximum atomic E-state index is 13.6. The molecule has 0 N–H and O–H groups in total. The summed E-state index contributed by atoms with van der Waals surface area (Å²) < 4.78 is 38.2. The average Bonchev–Trinajstić information content (AvgIpc) is 2.96. The number of hydrogen-bond acceptors (Lipinski definition) is 11. The highest BCUT2D eigenvalue weighted by Crippen LogP contribution is 2.72. The van der Waals surface area contributed by atoms with Crippen LogP contribution in [-0.4, -0.2) is 81.3 Å². The van der Waals surface area contributed by atoms with Crippen molar-refractivity contribution in [2.45, 2.75) is 65.2 Å². The first-order chi connectivity index (χ1) is 15.3. The predicted molar refractivity (Wildman–Crippen MR) is 118 cm³/mol. The van der Waals surface area contributed by atoms with Crippen molar-refractivity contribution in [3.05, 3.63) is 11.1 Å². The zero-order valence-electron chi connectivity index (χ0n) is 20.7. The van der Waals surface area contributed by atoms with Gasteiger partial charge in [0, 0.05) is 0 Å². The quantitative estimate of drug-likeness (QED) is 0.252. The van der Waals surface area contributed by atoms with Crippen LogP contribution in [0.1, 0.15) is 41.5 Å². The second-order valence-corrected chi connectivity index (χ2v) is 10.3. The second kappa shape index (κ2) is 11.3. The summed E-state index contributed by atoms with van der Waals surface area (Å²) in [5.41, 5.74) is -1.20. The fourth-order valence-corrected chi connectivity index (χ4v) is 7.52. The summed E-state index contributed by atoms with van der Waals surface area (Å²) >= 11 is 0. The number of rotatable bonds is 10. The second-order valence-electron chi connectivity index (χ2n) is 7.74. The Balaban J connectivity index is 4.60. The lowest BCUT2D eigenvalue weighted by molar-refractivity contribution is -0.163. The van der Waals surface area contributed by atoms with Gasteiger partial charge in [-0.1, -0.05) is 0 Å². The normalized spacial score (nSPS) is 19.8. The van der Waals surface area contributed by atoms with E-state index in [1.165, 1.54) is 0 Å². The van der Waals surface area contributed by atoms with Crippen LogP contribution in [0.2, 0.25) is 0 Å². The Labute approximate surface area is 193 Å². The molecule has 1 atom stereocenters. The van der Waals surface area contributed by atoms with Gasteiger partial charge in [-0.3, -0.25) is 0 Å². The van der Waals surface area contributed by atoms with Crippen molar-refractivity contribution in [3.8, 4) is 0 Å². The molecule has 33 heavy (non-hydrogen) atoms. The summed E-state index contributed by atoms with van der Waals surface area (Å²) in [6.45, 7) is 9.70.